The molecule has 0 unspecified atom stereocenters. The fraction of sp³-hybridized carbons (Fsp3) is 0.393. The van der Waals surface area contributed by atoms with E-state index in [9.17, 15) is 23.6 Å². The van der Waals surface area contributed by atoms with Crippen LogP contribution in [0.2, 0.25) is 0 Å². The van der Waals surface area contributed by atoms with E-state index >= 15 is 0 Å². The zero-order valence-corrected chi connectivity index (χ0v) is 23.9. The fourth-order valence-electron chi connectivity index (χ4n) is 5.15. The highest BCUT2D eigenvalue weighted by Crippen LogP contribution is 2.34. The third-order valence-electron chi connectivity index (χ3n) is 7.30. The molecule has 4 aromatic rings. The normalized spacial score (nSPS) is 16.1. The molecule has 2 atom stereocenters. The number of rotatable bonds is 10. The Morgan fingerprint density at radius 3 is 2.68 bits per heavy atom. The van der Waals surface area contributed by atoms with E-state index in [2.05, 4.69) is 5.10 Å². The zero-order valence-electron chi connectivity index (χ0n) is 23.1. The summed E-state index contributed by atoms with van der Waals surface area (Å²) < 4.78 is 30.0. The molecule has 41 heavy (non-hydrogen) atoms. The summed E-state index contributed by atoms with van der Waals surface area (Å²) in [6.07, 6.45) is 2.84. The molecule has 0 bridgehead atoms. The number of Topliss-reactive ketones (excluding diaryl/α,β-unsaturated/α-hetero) is 1. The summed E-state index contributed by atoms with van der Waals surface area (Å²) in [5, 5.41) is 5.23. The van der Waals surface area contributed by atoms with E-state index in [0.717, 1.165) is 4.57 Å². The van der Waals surface area contributed by atoms with Crippen molar-refractivity contribution in [3.8, 4) is 10.8 Å². The Morgan fingerprint density at radius 1 is 1.27 bits per heavy atom. The number of likely N-dealkylation sites (tertiary alicyclic amines) is 1. The third-order valence-corrected chi connectivity index (χ3v) is 8.61. The number of ketones is 1. The molecule has 1 aromatic carbocycles. The third kappa shape index (κ3) is 5.22. The van der Waals surface area contributed by atoms with Crippen LogP contribution in [0.25, 0.3) is 15.2 Å². The molecule has 1 aliphatic heterocycles. The molecule has 0 radical (unpaired) electrons. The van der Waals surface area contributed by atoms with Gasteiger partial charge in [-0.15, -0.1) is 0 Å². The Kier molecular flexibility index (Phi) is 7.91. The summed E-state index contributed by atoms with van der Waals surface area (Å²) in [5.74, 6) is -0.610. The maximum Gasteiger partial charge on any atom is 0.332 e. The van der Waals surface area contributed by atoms with Crippen LogP contribution in [0.3, 0.4) is 0 Å². The highest BCUT2D eigenvalue weighted by Gasteiger charge is 2.35. The summed E-state index contributed by atoms with van der Waals surface area (Å²) in [6, 6.07) is 4.77. The fourth-order valence-corrected chi connectivity index (χ4v) is 6.39. The van der Waals surface area contributed by atoms with Crippen LogP contribution in [0.15, 0.2) is 46.2 Å². The Balaban J connectivity index is 1.74. The molecule has 0 saturated carbocycles. The maximum atomic E-state index is 14.5. The predicted molar refractivity (Wildman–Crippen MR) is 150 cm³/mol. The highest BCUT2D eigenvalue weighted by molar-refractivity contribution is 7.21. The molecule has 0 spiro atoms. The Morgan fingerprint density at radius 2 is 2.05 bits per heavy atom. The van der Waals surface area contributed by atoms with Gasteiger partial charge in [0.2, 0.25) is 5.91 Å². The SMILES string of the molecule is COc1ccc(F)cc1[C@H](Cn1c(=O)n([C@@H]2CCN(C)C2=O)c(=O)c2c(C)c(-n3cccn3)sc21)OCCC(C)=O. The summed E-state index contributed by atoms with van der Waals surface area (Å²) in [6.45, 7) is 3.50. The monoisotopic (exact) mass is 583 g/mol. The van der Waals surface area contributed by atoms with Crippen molar-refractivity contribution in [2.45, 2.75) is 45.4 Å². The van der Waals surface area contributed by atoms with Crippen molar-refractivity contribution in [1.82, 2.24) is 23.8 Å². The van der Waals surface area contributed by atoms with Crippen LogP contribution >= 0.6 is 11.3 Å². The lowest BCUT2D eigenvalue weighted by atomic mass is 10.1. The van der Waals surface area contributed by atoms with Crippen molar-refractivity contribution >= 4 is 33.2 Å². The lowest BCUT2D eigenvalue weighted by molar-refractivity contribution is -0.129. The van der Waals surface area contributed by atoms with Gasteiger partial charge in [-0.25, -0.2) is 18.4 Å². The number of ether oxygens (including phenoxy) is 2. The number of benzene rings is 1. The minimum atomic E-state index is -0.955. The Bertz CT molecular complexity index is 1740. The molecule has 5 rings (SSSR count). The number of carbonyl (C=O) groups is 2. The number of amides is 1. The standard InChI is InChI=1S/C28H30FN5O6S/c1-16(35)9-13-40-22(19-14-18(29)6-7-21(19)39-4)15-32-27-23(17(2)26(41-27)33-11-5-10-30-33)25(37)34(28(32)38)20-8-12-31(3)24(20)36/h5-7,10-11,14,20,22H,8-9,12-13,15H2,1-4H3/t20-,22+/m1/s1. The molecule has 3 aromatic heterocycles. The molecular weight excluding hydrogens is 553 g/mol. The number of nitrogens with zero attached hydrogens (tertiary/aromatic N) is 5. The van der Waals surface area contributed by atoms with E-state index in [-0.39, 0.29) is 36.6 Å². The van der Waals surface area contributed by atoms with Gasteiger partial charge in [-0.3, -0.25) is 19.0 Å². The smallest absolute Gasteiger partial charge is 0.332 e. The number of aromatic nitrogens is 4. The quantitative estimate of drug-likeness (QED) is 0.282. The predicted octanol–water partition coefficient (Wildman–Crippen LogP) is 3.01. The minimum absolute atomic E-state index is 0.0190. The number of likely N-dealkylation sites (N-methyl/N-ethyl adjacent to an activating group) is 1. The minimum Gasteiger partial charge on any atom is -0.496 e. The molecule has 1 saturated heterocycles. The number of halogens is 1. The molecule has 4 heterocycles. The van der Waals surface area contributed by atoms with E-state index in [4.69, 9.17) is 9.47 Å². The molecule has 1 amide bonds. The summed E-state index contributed by atoms with van der Waals surface area (Å²) in [7, 11) is 3.07. The number of methoxy groups -OCH3 is 1. The van der Waals surface area contributed by atoms with Gasteiger partial charge in [0.15, 0.2) is 0 Å². The molecular formula is C28H30FN5O6S. The highest BCUT2D eigenvalue weighted by atomic mass is 32.1. The van der Waals surface area contributed by atoms with Gasteiger partial charge in [-0.05, 0) is 44.5 Å². The lowest BCUT2D eigenvalue weighted by Crippen LogP contribution is -2.44. The molecule has 0 N–H and O–H groups in total. The van der Waals surface area contributed by atoms with Crippen LogP contribution in [0.4, 0.5) is 4.39 Å². The van der Waals surface area contributed by atoms with Gasteiger partial charge in [-0.2, -0.15) is 5.10 Å². The number of hydrogen-bond donors (Lipinski definition) is 0. The van der Waals surface area contributed by atoms with Gasteiger partial charge in [0.25, 0.3) is 5.56 Å². The molecule has 13 heteroatoms. The second kappa shape index (κ2) is 11.4. The van der Waals surface area contributed by atoms with E-state index in [0.29, 0.717) is 39.7 Å². The topological polar surface area (TPSA) is 118 Å². The van der Waals surface area contributed by atoms with E-state index in [1.54, 1.807) is 37.1 Å². The Hall–Kier alpha value is -4.10. The van der Waals surface area contributed by atoms with Crippen molar-refractivity contribution in [1.29, 1.82) is 0 Å². The average molecular weight is 584 g/mol. The van der Waals surface area contributed by atoms with E-state index in [1.807, 2.05) is 0 Å². The van der Waals surface area contributed by atoms with E-state index in [1.165, 1.54) is 53.0 Å². The Labute approximate surface area is 238 Å². The summed E-state index contributed by atoms with van der Waals surface area (Å²) in [4.78, 5) is 54.6. The molecule has 0 aliphatic carbocycles. The number of aryl methyl sites for hydroxylation is 1. The average Bonchev–Trinajstić information content (AvgIpc) is 3.66. The van der Waals surface area contributed by atoms with Gasteiger partial charge in [-0.1, -0.05) is 11.3 Å². The molecule has 1 aliphatic rings. The van der Waals surface area contributed by atoms with Crippen molar-refractivity contribution in [2.24, 2.45) is 0 Å². The van der Waals surface area contributed by atoms with Gasteiger partial charge in [0.05, 0.1) is 25.6 Å². The van der Waals surface area contributed by atoms with Gasteiger partial charge < -0.3 is 14.4 Å². The number of hydrogen-bond acceptors (Lipinski definition) is 8. The van der Waals surface area contributed by atoms with Crippen LogP contribution in [-0.4, -0.2) is 62.8 Å². The molecule has 11 nitrogen and oxygen atoms in total. The largest absolute Gasteiger partial charge is 0.496 e. The first-order chi connectivity index (χ1) is 19.6. The maximum absolute atomic E-state index is 14.5. The number of thiophene rings is 1. The van der Waals surface area contributed by atoms with Gasteiger partial charge >= 0.3 is 5.69 Å². The molecule has 216 valence electrons. The van der Waals surface area contributed by atoms with Crippen LogP contribution in [0, 0.1) is 12.7 Å². The van der Waals surface area contributed by atoms with Crippen molar-refractivity contribution in [2.75, 3.05) is 27.3 Å². The van der Waals surface area contributed by atoms with Crippen LogP contribution in [-0.2, 0) is 20.9 Å². The van der Waals surface area contributed by atoms with Crippen LogP contribution in [0.1, 0.15) is 43.0 Å². The second-order valence-electron chi connectivity index (χ2n) is 9.99. The first kappa shape index (κ1) is 28.4. The number of fused-ring (bicyclic) bond motifs is 1. The lowest BCUT2D eigenvalue weighted by Gasteiger charge is -2.23. The van der Waals surface area contributed by atoms with E-state index < -0.39 is 29.2 Å². The van der Waals surface area contributed by atoms with Crippen LogP contribution in [0.5, 0.6) is 5.75 Å². The van der Waals surface area contributed by atoms with Crippen molar-refractivity contribution < 1.29 is 23.5 Å². The summed E-state index contributed by atoms with van der Waals surface area (Å²) in [5.41, 5.74) is -0.289. The van der Waals surface area contributed by atoms with Crippen molar-refractivity contribution in [3.63, 3.8) is 0 Å². The summed E-state index contributed by atoms with van der Waals surface area (Å²) >= 11 is 1.21. The first-order valence-electron chi connectivity index (χ1n) is 13.1. The van der Waals surface area contributed by atoms with Crippen molar-refractivity contribution in [3.05, 3.63) is 74.4 Å². The molecule has 1 fully saturated rings. The second-order valence-corrected chi connectivity index (χ2v) is 11.0. The number of carbonyl (C=O) groups excluding carboxylic acids is 2. The van der Waals surface area contributed by atoms with Gasteiger partial charge in [0, 0.05) is 43.5 Å². The van der Waals surface area contributed by atoms with Crippen LogP contribution < -0.4 is 16.0 Å². The van der Waals surface area contributed by atoms with Gasteiger partial charge in [0.1, 0.15) is 39.3 Å². The zero-order chi connectivity index (χ0) is 29.4. The first-order valence-corrected chi connectivity index (χ1v) is 13.9.